The van der Waals surface area contributed by atoms with Crippen LogP contribution in [-0.2, 0) is 0 Å². The summed E-state index contributed by atoms with van der Waals surface area (Å²) in [6.45, 7) is 6.51. The summed E-state index contributed by atoms with van der Waals surface area (Å²) in [7, 11) is 0. The number of para-hydroxylation sites is 1. The minimum absolute atomic E-state index is 0.596. The molecule has 0 bridgehead atoms. The molecule has 0 amide bonds. The summed E-state index contributed by atoms with van der Waals surface area (Å²) in [6, 6.07) is 17.3. The average Bonchev–Trinajstić information content (AvgIpc) is 2.75. The fourth-order valence-electron chi connectivity index (χ4n) is 4.08. The number of hydrogen-bond donors (Lipinski definition) is 0. The number of anilines is 2. The van der Waals surface area contributed by atoms with Crippen molar-refractivity contribution in [3.8, 4) is 6.07 Å². The molecule has 5 heteroatoms. The summed E-state index contributed by atoms with van der Waals surface area (Å²) >= 11 is 0. The molecule has 2 aliphatic rings. The van der Waals surface area contributed by atoms with Crippen molar-refractivity contribution in [3.63, 3.8) is 0 Å². The monoisotopic (exact) mass is 347 g/mol. The highest BCUT2D eigenvalue weighted by atomic mass is 15.3. The van der Waals surface area contributed by atoms with E-state index in [2.05, 4.69) is 56.1 Å². The van der Waals surface area contributed by atoms with Gasteiger partial charge in [-0.15, -0.1) is 0 Å². The summed E-state index contributed by atoms with van der Waals surface area (Å²) in [4.78, 5) is 12.0. The first kappa shape index (κ1) is 16.9. The number of nitrogens with zero attached hydrogens (tertiary/aromatic N) is 5. The second-order valence-electron chi connectivity index (χ2n) is 7.12. The van der Waals surface area contributed by atoms with Gasteiger partial charge in [0, 0.05) is 57.2 Å². The normalized spacial score (nSPS) is 21.4. The lowest BCUT2D eigenvalue weighted by Gasteiger charge is -2.44. The molecule has 0 radical (unpaired) electrons. The maximum Gasteiger partial charge on any atom is 0.128 e. The van der Waals surface area contributed by atoms with Crippen LogP contribution < -0.4 is 9.80 Å². The van der Waals surface area contributed by atoms with Gasteiger partial charge in [0.25, 0.3) is 0 Å². The van der Waals surface area contributed by atoms with E-state index in [-0.39, 0.29) is 0 Å². The molecule has 26 heavy (non-hydrogen) atoms. The van der Waals surface area contributed by atoms with E-state index in [0.29, 0.717) is 11.6 Å². The molecule has 1 aromatic heterocycles. The van der Waals surface area contributed by atoms with Gasteiger partial charge in [-0.25, -0.2) is 4.98 Å². The molecule has 2 saturated heterocycles. The Bertz CT molecular complexity index is 744. The first-order valence-corrected chi connectivity index (χ1v) is 9.48. The van der Waals surface area contributed by atoms with Crippen molar-refractivity contribution in [1.29, 1.82) is 5.26 Å². The third kappa shape index (κ3) is 3.66. The molecule has 3 heterocycles. The number of rotatable bonds is 3. The van der Waals surface area contributed by atoms with Crippen LogP contribution in [0, 0.1) is 11.3 Å². The van der Waals surface area contributed by atoms with Crippen LogP contribution >= 0.6 is 0 Å². The fraction of sp³-hybridized carbons (Fsp3) is 0.429. The van der Waals surface area contributed by atoms with Crippen LogP contribution in [0.15, 0.2) is 48.7 Å². The molecule has 5 nitrogen and oxygen atoms in total. The van der Waals surface area contributed by atoms with Crippen molar-refractivity contribution >= 4 is 11.5 Å². The lowest BCUT2D eigenvalue weighted by molar-refractivity contribution is 0.166. The summed E-state index contributed by atoms with van der Waals surface area (Å²) in [5.41, 5.74) is 1.96. The van der Waals surface area contributed by atoms with Gasteiger partial charge in [0.2, 0.25) is 0 Å². The van der Waals surface area contributed by atoms with E-state index in [0.717, 1.165) is 45.1 Å². The van der Waals surface area contributed by atoms with Gasteiger partial charge in [0.1, 0.15) is 11.9 Å². The Labute approximate surface area is 155 Å². The van der Waals surface area contributed by atoms with Gasteiger partial charge in [-0.3, -0.25) is 4.90 Å². The molecular formula is C21H25N5. The molecule has 1 atom stereocenters. The highest BCUT2D eigenvalue weighted by Gasteiger charge is 2.28. The minimum Gasteiger partial charge on any atom is -0.369 e. The quantitative estimate of drug-likeness (QED) is 0.854. The van der Waals surface area contributed by atoms with Gasteiger partial charge < -0.3 is 9.80 Å². The summed E-state index contributed by atoms with van der Waals surface area (Å²) in [6.07, 6.45) is 4.14. The topological polar surface area (TPSA) is 46.4 Å². The summed E-state index contributed by atoms with van der Waals surface area (Å²) < 4.78 is 0. The molecule has 0 spiro atoms. The fourth-order valence-corrected chi connectivity index (χ4v) is 4.08. The second kappa shape index (κ2) is 7.76. The minimum atomic E-state index is 0.596. The Balaban J connectivity index is 1.36. The Kier molecular flexibility index (Phi) is 5.03. The summed E-state index contributed by atoms with van der Waals surface area (Å²) in [5, 5.41) is 8.94. The average molecular weight is 347 g/mol. The zero-order valence-corrected chi connectivity index (χ0v) is 15.1. The van der Waals surface area contributed by atoms with Crippen LogP contribution in [0.5, 0.6) is 0 Å². The Morgan fingerprint density at radius 1 is 0.923 bits per heavy atom. The van der Waals surface area contributed by atoms with E-state index in [1.165, 1.54) is 18.5 Å². The molecule has 134 valence electrons. The number of piperazine rings is 1. The Hall–Kier alpha value is -2.58. The number of aromatic nitrogens is 1. The third-order valence-corrected chi connectivity index (χ3v) is 5.55. The second-order valence-corrected chi connectivity index (χ2v) is 7.12. The molecule has 0 saturated carbocycles. The van der Waals surface area contributed by atoms with Crippen LogP contribution in [0.1, 0.15) is 18.4 Å². The standard InChI is InChI=1S/C21H25N5/c22-15-18-8-9-21(23-16-18)26-10-4-7-20(17-26)25-13-11-24(12-14-25)19-5-2-1-3-6-19/h1-3,5-6,8-9,16,20H,4,7,10-14,17H2/t20-/m1/s1. The molecule has 0 N–H and O–H groups in total. The molecule has 2 aliphatic heterocycles. The number of pyridine rings is 1. The maximum absolute atomic E-state index is 8.94. The van der Waals surface area contributed by atoms with Crippen molar-refractivity contribution in [2.24, 2.45) is 0 Å². The van der Waals surface area contributed by atoms with Crippen LogP contribution in [-0.4, -0.2) is 55.2 Å². The molecule has 0 unspecified atom stereocenters. The van der Waals surface area contributed by atoms with Gasteiger partial charge >= 0.3 is 0 Å². The zero-order valence-electron chi connectivity index (χ0n) is 15.1. The van der Waals surface area contributed by atoms with Crippen molar-refractivity contribution in [2.45, 2.75) is 18.9 Å². The van der Waals surface area contributed by atoms with E-state index in [9.17, 15) is 0 Å². The van der Waals surface area contributed by atoms with Gasteiger partial charge in [-0.2, -0.15) is 5.26 Å². The van der Waals surface area contributed by atoms with E-state index < -0.39 is 0 Å². The predicted octanol–water partition coefficient (Wildman–Crippen LogP) is 2.74. The Morgan fingerprint density at radius 3 is 2.42 bits per heavy atom. The maximum atomic E-state index is 8.94. The lowest BCUT2D eigenvalue weighted by atomic mass is 10.0. The molecule has 2 fully saturated rings. The van der Waals surface area contributed by atoms with Crippen LogP contribution in [0.4, 0.5) is 11.5 Å². The zero-order chi connectivity index (χ0) is 17.8. The van der Waals surface area contributed by atoms with Crippen LogP contribution in [0.25, 0.3) is 0 Å². The number of piperidine rings is 1. The van der Waals surface area contributed by atoms with Gasteiger partial charge in [-0.1, -0.05) is 18.2 Å². The van der Waals surface area contributed by atoms with Crippen molar-refractivity contribution in [3.05, 3.63) is 54.2 Å². The van der Waals surface area contributed by atoms with E-state index in [4.69, 9.17) is 5.26 Å². The lowest BCUT2D eigenvalue weighted by Crippen LogP contribution is -2.55. The first-order valence-electron chi connectivity index (χ1n) is 9.48. The van der Waals surface area contributed by atoms with Crippen molar-refractivity contribution < 1.29 is 0 Å². The largest absolute Gasteiger partial charge is 0.369 e. The molecule has 0 aliphatic carbocycles. The number of nitriles is 1. The van der Waals surface area contributed by atoms with E-state index in [1.807, 2.05) is 12.1 Å². The van der Waals surface area contributed by atoms with Gasteiger partial charge in [-0.05, 0) is 37.1 Å². The van der Waals surface area contributed by atoms with Crippen molar-refractivity contribution in [2.75, 3.05) is 49.1 Å². The summed E-state index contributed by atoms with van der Waals surface area (Å²) in [5.74, 6) is 0.997. The highest BCUT2D eigenvalue weighted by Crippen LogP contribution is 2.23. The van der Waals surface area contributed by atoms with E-state index >= 15 is 0 Å². The van der Waals surface area contributed by atoms with Crippen molar-refractivity contribution in [1.82, 2.24) is 9.88 Å². The smallest absolute Gasteiger partial charge is 0.128 e. The molecule has 1 aromatic carbocycles. The number of hydrogen-bond acceptors (Lipinski definition) is 5. The predicted molar refractivity (Wildman–Crippen MR) is 104 cm³/mol. The van der Waals surface area contributed by atoms with Gasteiger partial charge in [0.05, 0.1) is 5.56 Å². The van der Waals surface area contributed by atoms with Crippen LogP contribution in [0.2, 0.25) is 0 Å². The molecule has 4 rings (SSSR count). The molecular weight excluding hydrogens is 322 g/mol. The van der Waals surface area contributed by atoms with E-state index in [1.54, 1.807) is 6.20 Å². The van der Waals surface area contributed by atoms with Crippen LogP contribution in [0.3, 0.4) is 0 Å². The molecule has 2 aromatic rings. The van der Waals surface area contributed by atoms with Gasteiger partial charge in [0.15, 0.2) is 0 Å². The SMILES string of the molecule is N#Cc1ccc(N2CCC[C@@H](N3CCN(c4ccccc4)CC3)C2)nc1. The Morgan fingerprint density at radius 2 is 1.73 bits per heavy atom. The number of benzene rings is 1. The highest BCUT2D eigenvalue weighted by molar-refractivity contribution is 5.46. The first-order chi connectivity index (χ1) is 12.8. The third-order valence-electron chi connectivity index (χ3n) is 5.55.